The molecule has 2 N–H and O–H groups in total. The van der Waals surface area contributed by atoms with Crippen LogP contribution in [0.3, 0.4) is 0 Å². The number of rotatable bonds is 8. The van der Waals surface area contributed by atoms with E-state index in [4.69, 9.17) is 10.5 Å². The number of hydrogen-bond donors (Lipinski definition) is 1. The van der Waals surface area contributed by atoms with Crippen molar-refractivity contribution in [3.8, 4) is 0 Å². The third kappa shape index (κ3) is 7.11. The summed E-state index contributed by atoms with van der Waals surface area (Å²) in [4.78, 5) is 9.03. The molecule has 1 rings (SSSR count). The van der Waals surface area contributed by atoms with Crippen LogP contribution < -0.4 is 5.73 Å². The van der Waals surface area contributed by atoms with Crippen LogP contribution in [0, 0.1) is 5.92 Å². The van der Waals surface area contributed by atoms with Gasteiger partial charge in [-0.25, -0.2) is 0 Å². The molecular weight excluding hydrogens is 391 g/mol. The fourth-order valence-electron chi connectivity index (χ4n) is 2.50. The van der Waals surface area contributed by atoms with Crippen LogP contribution in [-0.2, 0) is 4.74 Å². The van der Waals surface area contributed by atoms with Gasteiger partial charge in [0.15, 0.2) is 5.96 Å². The smallest absolute Gasteiger partial charge is 0.191 e. The van der Waals surface area contributed by atoms with Gasteiger partial charge in [-0.1, -0.05) is 26.0 Å². The topological polar surface area (TPSA) is 54.1 Å². The molecule has 0 saturated carbocycles. The van der Waals surface area contributed by atoms with Gasteiger partial charge in [-0.2, -0.15) is 0 Å². The summed E-state index contributed by atoms with van der Waals surface area (Å²) < 4.78 is 5.33. The van der Waals surface area contributed by atoms with Crippen molar-refractivity contribution in [3.63, 3.8) is 0 Å². The summed E-state index contributed by atoms with van der Waals surface area (Å²) in [6.07, 6.45) is 3.85. The standard InChI is InChI=1S/C16H30N4O.HI/c1-5-7-19(8-6-2)15(14(3)4)13-18-16(17)20-9-11-21-12-10-20;/h5-6,14-15H,1-2,7-13H2,3-4H3,(H2,17,18);1H. The SMILES string of the molecule is C=CCN(CC=C)C(CN=C(N)N1CCOCC1)C(C)C.I. The van der Waals surface area contributed by atoms with Crippen LogP contribution in [0.5, 0.6) is 0 Å². The Hall–Kier alpha value is -0.600. The lowest BCUT2D eigenvalue weighted by molar-refractivity contribution is 0.0673. The van der Waals surface area contributed by atoms with E-state index in [2.05, 4.69) is 41.8 Å². The summed E-state index contributed by atoms with van der Waals surface area (Å²) in [5.74, 6) is 1.12. The van der Waals surface area contributed by atoms with E-state index in [0.717, 1.165) is 39.4 Å². The highest BCUT2D eigenvalue weighted by molar-refractivity contribution is 14.0. The van der Waals surface area contributed by atoms with E-state index in [0.29, 0.717) is 24.5 Å². The molecule has 1 atom stereocenters. The molecule has 0 spiro atoms. The maximum atomic E-state index is 6.11. The normalized spacial score (nSPS) is 17.3. The molecular formula is C16H31IN4O. The zero-order valence-electron chi connectivity index (χ0n) is 13.9. The van der Waals surface area contributed by atoms with Crippen LogP contribution in [0.2, 0.25) is 0 Å². The largest absolute Gasteiger partial charge is 0.378 e. The molecule has 0 aliphatic carbocycles. The van der Waals surface area contributed by atoms with E-state index in [1.165, 1.54) is 0 Å². The zero-order valence-corrected chi connectivity index (χ0v) is 16.2. The summed E-state index contributed by atoms with van der Waals surface area (Å²) in [6.45, 7) is 17.6. The van der Waals surface area contributed by atoms with Crippen molar-refractivity contribution in [1.82, 2.24) is 9.80 Å². The second-order valence-electron chi connectivity index (χ2n) is 5.64. The quantitative estimate of drug-likeness (QED) is 0.281. The number of guanidine groups is 1. The Bertz CT molecular complexity index is 344. The molecule has 22 heavy (non-hydrogen) atoms. The molecule has 0 amide bonds. The fraction of sp³-hybridized carbons (Fsp3) is 0.688. The molecule has 1 saturated heterocycles. The van der Waals surface area contributed by atoms with Crippen molar-refractivity contribution in [3.05, 3.63) is 25.3 Å². The molecule has 1 heterocycles. The lowest BCUT2D eigenvalue weighted by Crippen LogP contribution is -2.46. The average Bonchev–Trinajstić information content (AvgIpc) is 2.48. The van der Waals surface area contributed by atoms with Crippen molar-refractivity contribution in [2.75, 3.05) is 45.9 Å². The monoisotopic (exact) mass is 422 g/mol. The lowest BCUT2D eigenvalue weighted by atomic mass is 10.0. The number of halogens is 1. The minimum Gasteiger partial charge on any atom is -0.378 e. The third-order valence-electron chi connectivity index (χ3n) is 3.74. The number of ether oxygens (including phenoxy) is 1. The molecule has 5 nitrogen and oxygen atoms in total. The molecule has 1 aliphatic rings. The van der Waals surface area contributed by atoms with Crippen LogP contribution in [-0.4, -0.2) is 67.7 Å². The summed E-state index contributed by atoms with van der Waals surface area (Å²) >= 11 is 0. The van der Waals surface area contributed by atoms with Gasteiger partial charge >= 0.3 is 0 Å². The molecule has 0 aromatic rings. The predicted molar refractivity (Wildman–Crippen MR) is 105 cm³/mol. The van der Waals surface area contributed by atoms with Crippen LogP contribution >= 0.6 is 24.0 Å². The van der Waals surface area contributed by atoms with Gasteiger partial charge in [-0.3, -0.25) is 9.89 Å². The summed E-state index contributed by atoms with van der Waals surface area (Å²) in [6, 6.07) is 0.334. The first-order valence-corrected chi connectivity index (χ1v) is 7.68. The van der Waals surface area contributed by atoms with Crippen LogP contribution in [0.4, 0.5) is 0 Å². The number of nitrogens with zero attached hydrogens (tertiary/aromatic N) is 3. The minimum atomic E-state index is 0. The van der Waals surface area contributed by atoms with Crippen molar-refractivity contribution in [2.45, 2.75) is 19.9 Å². The summed E-state index contributed by atoms with van der Waals surface area (Å²) in [7, 11) is 0. The Morgan fingerprint density at radius 1 is 1.27 bits per heavy atom. The van der Waals surface area contributed by atoms with Crippen molar-refractivity contribution in [2.24, 2.45) is 16.6 Å². The number of hydrogen-bond acceptors (Lipinski definition) is 3. The van der Waals surface area contributed by atoms with Gasteiger partial charge < -0.3 is 15.4 Å². The first-order valence-electron chi connectivity index (χ1n) is 7.68. The first kappa shape index (κ1) is 21.4. The third-order valence-corrected chi connectivity index (χ3v) is 3.74. The fourth-order valence-corrected chi connectivity index (χ4v) is 2.50. The zero-order chi connectivity index (χ0) is 15.7. The number of morpholine rings is 1. The first-order chi connectivity index (χ1) is 10.1. The van der Waals surface area contributed by atoms with E-state index in [9.17, 15) is 0 Å². The van der Waals surface area contributed by atoms with E-state index < -0.39 is 0 Å². The van der Waals surface area contributed by atoms with Gasteiger partial charge in [0.05, 0.1) is 19.8 Å². The van der Waals surface area contributed by atoms with Crippen molar-refractivity contribution >= 4 is 29.9 Å². The van der Waals surface area contributed by atoms with Crippen LogP contribution in [0.15, 0.2) is 30.3 Å². The second-order valence-corrected chi connectivity index (χ2v) is 5.64. The number of nitrogens with two attached hydrogens (primary N) is 1. The predicted octanol–water partition coefficient (Wildman–Crippen LogP) is 1.95. The van der Waals surface area contributed by atoms with Gasteiger partial charge in [0, 0.05) is 32.2 Å². The van der Waals surface area contributed by atoms with Gasteiger partial charge in [0.2, 0.25) is 0 Å². The highest BCUT2D eigenvalue weighted by atomic mass is 127. The summed E-state index contributed by atoms with van der Waals surface area (Å²) in [5.41, 5.74) is 6.11. The lowest BCUT2D eigenvalue weighted by Gasteiger charge is -2.33. The number of aliphatic imine (C=N–C) groups is 1. The molecule has 128 valence electrons. The maximum absolute atomic E-state index is 6.11. The molecule has 1 aliphatic heterocycles. The Labute approximate surface area is 152 Å². The van der Waals surface area contributed by atoms with Gasteiger partial charge in [-0.05, 0) is 5.92 Å². The minimum absolute atomic E-state index is 0. The second kappa shape index (κ2) is 11.9. The van der Waals surface area contributed by atoms with Crippen molar-refractivity contribution < 1.29 is 4.74 Å². The Balaban J connectivity index is 0.00000441. The molecule has 6 heteroatoms. The maximum Gasteiger partial charge on any atom is 0.191 e. The molecule has 1 unspecified atom stereocenters. The molecule has 0 bridgehead atoms. The molecule has 1 fully saturated rings. The van der Waals surface area contributed by atoms with Crippen LogP contribution in [0.1, 0.15) is 13.8 Å². The highest BCUT2D eigenvalue weighted by Gasteiger charge is 2.20. The van der Waals surface area contributed by atoms with E-state index in [-0.39, 0.29) is 24.0 Å². The molecule has 0 aromatic carbocycles. The Morgan fingerprint density at radius 2 is 1.82 bits per heavy atom. The average molecular weight is 422 g/mol. The van der Waals surface area contributed by atoms with Gasteiger partial charge in [0.25, 0.3) is 0 Å². The highest BCUT2D eigenvalue weighted by Crippen LogP contribution is 2.12. The van der Waals surface area contributed by atoms with Gasteiger partial charge in [-0.15, -0.1) is 37.1 Å². The van der Waals surface area contributed by atoms with Crippen molar-refractivity contribution in [1.29, 1.82) is 0 Å². The molecule has 0 radical (unpaired) electrons. The van der Waals surface area contributed by atoms with E-state index >= 15 is 0 Å². The Kier molecular flexibility index (Phi) is 11.6. The van der Waals surface area contributed by atoms with Crippen LogP contribution in [0.25, 0.3) is 0 Å². The Morgan fingerprint density at radius 3 is 2.27 bits per heavy atom. The molecule has 0 aromatic heterocycles. The van der Waals surface area contributed by atoms with E-state index in [1.807, 2.05) is 12.2 Å². The van der Waals surface area contributed by atoms with E-state index in [1.54, 1.807) is 0 Å². The summed E-state index contributed by atoms with van der Waals surface area (Å²) in [5, 5.41) is 0. The van der Waals surface area contributed by atoms with Gasteiger partial charge in [0.1, 0.15) is 0 Å².